The first-order chi connectivity index (χ1) is 25.5. The number of allylic oxidation sites excluding steroid dienone is 2. The van der Waals surface area contributed by atoms with Crippen LogP contribution < -0.4 is 0 Å². The Morgan fingerprint density at radius 2 is 1.08 bits per heavy atom. The summed E-state index contributed by atoms with van der Waals surface area (Å²) in [6.45, 7) is 2.41. The summed E-state index contributed by atoms with van der Waals surface area (Å²) in [6.07, 6.45) is 3.28. The van der Waals surface area contributed by atoms with Crippen LogP contribution >= 0.6 is 0 Å². The number of rotatable bonds is 28. The van der Waals surface area contributed by atoms with Gasteiger partial charge in [-0.15, -0.1) is 0 Å². The van der Waals surface area contributed by atoms with Crippen molar-refractivity contribution < 1.29 is 73.8 Å². The number of esters is 2. The van der Waals surface area contributed by atoms with E-state index in [2.05, 4.69) is 26.0 Å². The zero-order valence-corrected chi connectivity index (χ0v) is 31.8. The summed E-state index contributed by atoms with van der Waals surface area (Å²) in [7, 11) is 0. The summed E-state index contributed by atoms with van der Waals surface area (Å²) < 4.78 is 33.1. The van der Waals surface area contributed by atoms with Crippen LogP contribution in [0, 0.1) is 0 Å². The lowest BCUT2D eigenvalue weighted by Gasteiger charge is -2.42. The van der Waals surface area contributed by atoms with Gasteiger partial charge in [-0.25, -0.2) is 0 Å². The van der Waals surface area contributed by atoms with E-state index in [-0.39, 0.29) is 26.1 Å². The molecule has 0 saturated carbocycles. The van der Waals surface area contributed by atoms with Crippen LogP contribution in [0.3, 0.4) is 0 Å². The minimum atomic E-state index is -1.76. The summed E-state index contributed by atoms with van der Waals surface area (Å²) in [5, 5.41) is 71.4. The number of unbranched alkanes of at least 4 members (excludes halogenated alkanes) is 12. The van der Waals surface area contributed by atoms with Gasteiger partial charge in [-0.3, -0.25) is 9.59 Å². The molecule has 0 bridgehead atoms. The van der Waals surface area contributed by atoms with Crippen molar-refractivity contribution in [3.05, 3.63) is 12.2 Å². The number of aliphatic hydroxyl groups excluding tert-OH is 7. The van der Waals surface area contributed by atoms with Gasteiger partial charge >= 0.3 is 11.9 Å². The standard InChI is InChI=1S/C38H68O15/c1-3-5-7-9-10-11-12-13-14-15-17-19-21-30(41)51-26(23-48-29(40)20-18-16-8-6-4-2)24-49-37-36(47)34(45)32(43)28(53-37)25-50-38-35(46)33(44)31(42)27(22-39)52-38/h10-11,26-28,31-39,42-47H,3-9,12-25H2,1-2H3/b11-10-. The number of carbonyl (C=O) groups excluding carboxylic acids is 2. The quantitative estimate of drug-likeness (QED) is 0.0344. The molecule has 2 aliphatic rings. The van der Waals surface area contributed by atoms with E-state index in [4.69, 9.17) is 28.4 Å². The molecule has 2 fully saturated rings. The summed E-state index contributed by atoms with van der Waals surface area (Å²) in [5.41, 5.74) is 0. The van der Waals surface area contributed by atoms with Crippen molar-refractivity contribution in [3.8, 4) is 0 Å². The molecular formula is C38H68O15. The van der Waals surface area contributed by atoms with E-state index in [1.807, 2.05) is 0 Å². The molecule has 0 aliphatic carbocycles. The van der Waals surface area contributed by atoms with Gasteiger partial charge in [0, 0.05) is 12.8 Å². The van der Waals surface area contributed by atoms with Crippen LogP contribution in [0.15, 0.2) is 12.2 Å². The molecule has 2 saturated heterocycles. The molecule has 11 atom stereocenters. The molecule has 11 unspecified atom stereocenters. The highest BCUT2D eigenvalue weighted by atomic mass is 16.7. The molecular weight excluding hydrogens is 696 g/mol. The molecule has 2 aliphatic heterocycles. The van der Waals surface area contributed by atoms with E-state index in [1.54, 1.807) is 0 Å². The van der Waals surface area contributed by atoms with Crippen LogP contribution in [0.4, 0.5) is 0 Å². The fourth-order valence-corrected chi connectivity index (χ4v) is 6.09. The summed E-state index contributed by atoms with van der Waals surface area (Å²) in [5.74, 6) is -0.952. The Labute approximate surface area is 314 Å². The lowest BCUT2D eigenvalue weighted by atomic mass is 9.98. The first-order valence-corrected chi connectivity index (χ1v) is 19.8. The molecule has 0 radical (unpaired) electrons. The first kappa shape index (κ1) is 47.4. The van der Waals surface area contributed by atoms with E-state index >= 15 is 0 Å². The van der Waals surface area contributed by atoms with Crippen molar-refractivity contribution in [2.24, 2.45) is 0 Å². The second kappa shape index (κ2) is 27.8. The molecule has 15 nitrogen and oxygen atoms in total. The molecule has 0 spiro atoms. The fourth-order valence-electron chi connectivity index (χ4n) is 6.09. The zero-order chi connectivity index (χ0) is 39.0. The van der Waals surface area contributed by atoms with Crippen molar-refractivity contribution in [2.45, 2.75) is 191 Å². The van der Waals surface area contributed by atoms with Gasteiger partial charge in [-0.05, 0) is 38.5 Å². The molecule has 7 N–H and O–H groups in total. The van der Waals surface area contributed by atoms with E-state index in [1.165, 1.54) is 19.3 Å². The van der Waals surface area contributed by atoms with Crippen molar-refractivity contribution >= 4 is 11.9 Å². The van der Waals surface area contributed by atoms with Gasteiger partial charge in [-0.1, -0.05) is 83.8 Å². The second-order valence-electron chi connectivity index (χ2n) is 14.1. The molecule has 0 amide bonds. The number of ether oxygens (including phenoxy) is 6. The molecule has 2 rings (SSSR count). The van der Waals surface area contributed by atoms with Crippen LogP contribution in [-0.4, -0.2) is 142 Å². The maximum absolute atomic E-state index is 12.8. The van der Waals surface area contributed by atoms with Gasteiger partial charge in [0.25, 0.3) is 0 Å². The van der Waals surface area contributed by atoms with E-state index in [9.17, 15) is 45.3 Å². The topological polar surface area (TPSA) is 231 Å². The SMILES string of the molecule is CCCCC/C=C\CCCCCCCC(=O)OC(COC(=O)CCCCCCC)COC1OC(COC2OC(CO)C(O)C(O)C2O)C(O)C(O)C1O. The smallest absolute Gasteiger partial charge is 0.306 e. The van der Waals surface area contributed by atoms with E-state index in [0.717, 1.165) is 64.2 Å². The zero-order valence-electron chi connectivity index (χ0n) is 31.8. The third kappa shape index (κ3) is 18.2. The third-order valence-electron chi connectivity index (χ3n) is 9.49. The molecule has 2 heterocycles. The van der Waals surface area contributed by atoms with Gasteiger partial charge < -0.3 is 64.2 Å². The van der Waals surface area contributed by atoms with E-state index in [0.29, 0.717) is 12.8 Å². The average Bonchev–Trinajstić information content (AvgIpc) is 3.15. The Morgan fingerprint density at radius 1 is 0.585 bits per heavy atom. The number of carbonyl (C=O) groups is 2. The van der Waals surface area contributed by atoms with E-state index < -0.39 is 92.7 Å². The highest BCUT2D eigenvalue weighted by Crippen LogP contribution is 2.26. The number of hydrogen-bond acceptors (Lipinski definition) is 15. The Bertz CT molecular complexity index is 997. The van der Waals surface area contributed by atoms with Gasteiger partial charge in [0.15, 0.2) is 18.7 Å². The maximum atomic E-state index is 12.8. The summed E-state index contributed by atoms with van der Waals surface area (Å²) >= 11 is 0. The Balaban J connectivity index is 1.89. The average molecular weight is 765 g/mol. The van der Waals surface area contributed by atoms with Crippen LogP contribution in [0.5, 0.6) is 0 Å². The Hall–Kier alpha value is -1.76. The van der Waals surface area contributed by atoms with Crippen LogP contribution in [-0.2, 0) is 38.0 Å². The van der Waals surface area contributed by atoms with Crippen molar-refractivity contribution in [3.63, 3.8) is 0 Å². The van der Waals surface area contributed by atoms with Gasteiger partial charge in [0.2, 0.25) is 0 Å². The van der Waals surface area contributed by atoms with Crippen molar-refractivity contribution in [1.29, 1.82) is 0 Å². The predicted molar refractivity (Wildman–Crippen MR) is 192 cm³/mol. The maximum Gasteiger partial charge on any atom is 0.306 e. The van der Waals surface area contributed by atoms with Crippen LogP contribution in [0.25, 0.3) is 0 Å². The minimum absolute atomic E-state index is 0.157. The Kier molecular flexibility index (Phi) is 24.8. The van der Waals surface area contributed by atoms with Crippen LogP contribution in [0.1, 0.15) is 123 Å². The molecule has 15 heteroatoms. The van der Waals surface area contributed by atoms with Crippen LogP contribution in [0.2, 0.25) is 0 Å². The lowest BCUT2D eigenvalue weighted by Crippen LogP contribution is -2.61. The largest absolute Gasteiger partial charge is 0.462 e. The van der Waals surface area contributed by atoms with Gasteiger partial charge in [0.1, 0.15) is 55.4 Å². The molecule has 0 aromatic carbocycles. The number of aliphatic hydroxyl groups is 7. The third-order valence-corrected chi connectivity index (χ3v) is 9.49. The van der Waals surface area contributed by atoms with Gasteiger partial charge in [-0.2, -0.15) is 0 Å². The normalized spacial score (nSPS) is 29.7. The highest BCUT2D eigenvalue weighted by molar-refractivity contribution is 5.70. The molecule has 0 aromatic rings. The molecule has 310 valence electrons. The summed E-state index contributed by atoms with van der Waals surface area (Å²) in [6, 6.07) is 0. The predicted octanol–water partition coefficient (Wildman–Crippen LogP) is 2.31. The molecule has 0 aromatic heterocycles. The van der Waals surface area contributed by atoms with Gasteiger partial charge in [0.05, 0.1) is 19.8 Å². The summed E-state index contributed by atoms with van der Waals surface area (Å²) in [4.78, 5) is 25.2. The molecule has 53 heavy (non-hydrogen) atoms. The Morgan fingerprint density at radius 3 is 1.70 bits per heavy atom. The minimum Gasteiger partial charge on any atom is -0.462 e. The lowest BCUT2D eigenvalue weighted by molar-refractivity contribution is -0.332. The van der Waals surface area contributed by atoms with Crippen molar-refractivity contribution in [1.82, 2.24) is 0 Å². The fraction of sp³-hybridized carbons (Fsp3) is 0.895. The second-order valence-corrected chi connectivity index (χ2v) is 14.1. The first-order valence-electron chi connectivity index (χ1n) is 19.8. The number of hydrogen-bond donors (Lipinski definition) is 7. The highest BCUT2D eigenvalue weighted by Gasteiger charge is 2.47. The van der Waals surface area contributed by atoms with Crippen molar-refractivity contribution in [2.75, 3.05) is 26.4 Å². The monoisotopic (exact) mass is 764 g/mol.